The Bertz CT molecular complexity index is 1290. The number of benzene rings is 1. The van der Waals surface area contributed by atoms with Crippen LogP contribution in [0.15, 0.2) is 35.1 Å². The number of rotatable bonds is 5. The molecule has 1 N–H and O–H groups in total. The first kappa shape index (κ1) is 23.7. The Kier molecular flexibility index (Phi) is 6.26. The van der Waals surface area contributed by atoms with Crippen molar-refractivity contribution in [3.8, 4) is 0 Å². The number of nitrogens with one attached hydrogen (secondary N) is 1. The Balaban J connectivity index is 1.46. The number of hydrogen-bond donors (Lipinski definition) is 1. The number of fused-ring (bicyclic) bond motifs is 1. The van der Waals surface area contributed by atoms with Gasteiger partial charge in [0.2, 0.25) is 11.7 Å². The van der Waals surface area contributed by atoms with Crippen LogP contribution in [0, 0.1) is 0 Å². The van der Waals surface area contributed by atoms with Gasteiger partial charge in [-0.3, -0.25) is 14.2 Å². The number of likely N-dealkylation sites (tertiary alicyclic amines) is 1. The SMILES string of the molecule is CN1CC[C@@H](n2c(C(F)(F)F)nc3sc(N4CCC[C@@H]4C(=O)NCc4ccccc4)nc3c2=O)C1. The molecule has 5 rings (SSSR count). The molecule has 2 fully saturated rings. The Morgan fingerprint density at radius 3 is 2.63 bits per heavy atom. The van der Waals surface area contributed by atoms with E-state index in [0.29, 0.717) is 44.2 Å². The number of alkyl halides is 3. The van der Waals surface area contributed by atoms with Gasteiger partial charge < -0.3 is 15.1 Å². The largest absolute Gasteiger partial charge is 0.449 e. The summed E-state index contributed by atoms with van der Waals surface area (Å²) in [5.74, 6) is -1.37. The second-order valence-electron chi connectivity index (χ2n) is 9.02. The molecule has 2 atom stereocenters. The van der Waals surface area contributed by atoms with E-state index in [1.165, 1.54) is 0 Å². The van der Waals surface area contributed by atoms with Gasteiger partial charge in [-0.2, -0.15) is 13.2 Å². The molecule has 2 aromatic heterocycles. The highest BCUT2D eigenvalue weighted by atomic mass is 32.1. The molecule has 3 aromatic rings. The van der Waals surface area contributed by atoms with Crippen LogP contribution < -0.4 is 15.8 Å². The van der Waals surface area contributed by atoms with Gasteiger partial charge in [0.25, 0.3) is 5.56 Å². The number of carbonyl (C=O) groups excluding carboxylic acids is 1. The standard InChI is InChI=1S/C23H25F3N6O2S/c1-30-11-9-15(13-30)32-20(34)17-19(29-21(32)23(24,25)26)35-22(28-17)31-10-5-8-16(31)18(33)27-12-14-6-3-2-4-7-14/h2-4,6-7,15-16H,5,8-13H2,1H3,(H,27,33)/t15-,16-/m1/s1. The lowest BCUT2D eigenvalue weighted by molar-refractivity contribution is -0.148. The molecular weight excluding hydrogens is 481 g/mol. The number of nitrogens with zero attached hydrogens (tertiary/aromatic N) is 5. The highest BCUT2D eigenvalue weighted by molar-refractivity contribution is 7.21. The Hall–Kier alpha value is -2.99. The van der Waals surface area contributed by atoms with E-state index in [1.54, 1.807) is 4.90 Å². The summed E-state index contributed by atoms with van der Waals surface area (Å²) in [5, 5.41) is 3.27. The first-order chi connectivity index (χ1) is 16.7. The monoisotopic (exact) mass is 506 g/mol. The van der Waals surface area contributed by atoms with Gasteiger partial charge in [-0.05, 0) is 38.4 Å². The highest BCUT2D eigenvalue weighted by Gasteiger charge is 2.41. The lowest BCUT2D eigenvalue weighted by Gasteiger charge is -2.23. The van der Waals surface area contributed by atoms with Crippen molar-refractivity contribution in [3.63, 3.8) is 0 Å². The fraction of sp³-hybridized carbons (Fsp3) is 0.478. The fourth-order valence-electron chi connectivity index (χ4n) is 4.83. The minimum absolute atomic E-state index is 0.0599. The van der Waals surface area contributed by atoms with E-state index < -0.39 is 29.6 Å². The third-order valence-electron chi connectivity index (χ3n) is 6.55. The molecule has 186 valence electrons. The molecule has 12 heteroatoms. The first-order valence-corrected chi connectivity index (χ1v) is 12.3. The van der Waals surface area contributed by atoms with E-state index in [9.17, 15) is 22.8 Å². The van der Waals surface area contributed by atoms with Gasteiger partial charge in [-0.1, -0.05) is 41.7 Å². The van der Waals surface area contributed by atoms with Crippen LogP contribution >= 0.6 is 11.3 Å². The first-order valence-electron chi connectivity index (χ1n) is 11.5. The molecule has 35 heavy (non-hydrogen) atoms. The van der Waals surface area contributed by atoms with E-state index in [0.717, 1.165) is 27.9 Å². The molecule has 0 bridgehead atoms. The van der Waals surface area contributed by atoms with E-state index in [-0.39, 0.29) is 16.3 Å². The number of carbonyl (C=O) groups is 1. The zero-order chi connectivity index (χ0) is 24.7. The van der Waals surface area contributed by atoms with Crippen LogP contribution in [0.4, 0.5) is 18.3 Å². The summed E-state index contributed by atoms with van der Waals surface area (Å²) >= 11 is 0.926. The minimum Gasteiger partial charge on any atom is -0.350 e. The lowest BCUT2D eigenvalue weighted by Crippen LogP contribution is -2.43. The molecule has 2 aliphatic heterocycles. The zero-order valence-electron chi connectivity index (χ0n) is 19.1. The average molecular weight is 507 g/mol. The van der Waals surface area contributed by atoms with Crippen LogP contribution in [-0.2, 0) is 17.5 Å². The predicted molar refractivity (Wildman–Crippen MR) is 126 cm³/mol. The quantitative estimate of drug-likeness (QED) is 0.573. The molecule has 0 radical (unpaired) electrons. The van der Waals surface area contributed by atoms with Crippen LogP contribution in [0.25, 0.3) is 10.3 Å². The maximum atomic E-state index is 13.9. The second-order valence-corrected chi connectivity index (χ2v) is 9.97. The Labute approximate surface area is 203 Å². The Morgan fingerprint density at radius 1 is 1.17 bits per heavy atom. The maximum Gasteiger partial charge on any atom is 0.449 e. The van der Waals surface area contributed by atoms with Crippen molar-refractivity contribution >= 4 is 32.7 Å². The molecule has 0 saturated carbocycles. The summed E-state index contributed by atoms with van der Waals surface area (Å²) < 4.78 is 42.4. The number of amides is 1. The Morgan fingerprint density at radius 2 is 1.94 bits per heavy atom. The summed E-state index contributed by atoms with van der Waals surface area (Å²) in [4.78, 5) is 38.0. The molecule has 2 aliphatic rings. The van der Waals surface area contributed by atoms with Gasteiger partial charge in [-0.25, -0.2) is 9.97 Å². The molecule has 2 saturated heterocycles. The molecular formula is C23H25F3N6O2S. The van der Waals surface area contributed by atoms with Crippen molar-refractivity contribution in [1.29, 1.82) is 0 Å². The molecule has 8 nitrogen and oxygen atoms in total. The number of hydrogen-bond acceptors (Lipinski definition) is 7. The summed E-state index contributed by atoms with van der Waals surface area (Å²) in [6, 6.07) is 8.39. The van der Waals surface area contributed by atoms with Gasteiger partial charge in [-0.15, -0.1) is 0 Å². The number of halogens is 3. The topological polar surface area (TPSA) is 83.4 Å². The van der Waals surface area contributed by atoms with Crippen molar-refractivity contribution in [3.05, 3.63) is 52.1 Å². The maximum absolute atomic E-state index is 13.9. The van der Waals surface area contributed by atoms with Crippen LogP contribution in [0.3, 0.4) is 0 Å². The van der Waals surface area contributed by atoms with Crippen LogP contribution in [0.5, 0.6) is 0 Å². The van der Waals surface area contributed by atoms with Crippen LogP contribution in [-0.4, -0.2) is 58.1 Å². The number of likely N-dealkylation sites (N-methyl/N-ethyl adjacent to an activating group) is 1. The fourth-order valence-corrected chi connectivity index (χ4v) is 5.84. The van der Waals surface area contributed by atoms with Crippen molar-refractivity contribution < 1.29 is 18.0 Å². The van der Waals surface area contributed by atoms with Crippen molar-refractivity contribution in [2.75, 3.05) is 31.6 Å². The lowest BCUT2D eigenvalue weighted by atomic mass is 10.2. The smallest absolute Gasteiger partial charge is 0.350 e. The summed E-state index contributed by atoms with van der Waals surface area (Å²) in [5.41, 5.74) is 0.102. The number of anilines is 1. The minimum atomic E-state index is -4.77. The number of thiazole rings is 1. The summed E-state index contributed by atoms with van der Waals surface area (Å²) in [7, 11) is 1.81. The molecule has 0 spiro atoms. The second kappa shape index (κ2) is 9.23. The van der Waals surface area contributed by atoms with Gasteiger partial charge in [0, 0.05) is 19.6 Å². The van der Waals surface area contributed by atoms with E-state index in [2.05, 4.69) is 15.3 Å². The predicted octanol–water partition coefficient (Wildman–Crippen LogP) is 3.03. The van der Waals surface area contributed by atoms with E-state index >= 15 is 0 Å². The van der Waals surface area contributed by atoms with Gasteiger partial charge in [0.05, 0.1) is 6.04 Å². The molecule has 0 aliphatic carbocycles. The normalized spacial score (nSPS) is 21.2. The summed E-state index contributed by atoms with van der Waals surface area (Å²) in [6.07, 6.45) is -3.01. The van der Waals surface area contributed by atoms with Gasteiger partial charge >= 0.3 is 6.18 Å². The van der Waals surface area contributed by atoms with Crippen LogP contribution in [0.2, 0.25) is 0 Å². The summed E-state index contributed by atoms with van der Waals surface area (Å²) in [6.45, 7) is 1.84. The molecule has 0 unspecified atom stereocenters. The van der Waals surface area contributed by atoms with Crippen LogP contribution in [0.1, 0.15) is 36.7 Å². The van der Waals surface area contributed by atoms with Crippen molar-refractivity contribution in [2.45, 2.75) is 44.1 Å². The van der Waals surface area contributed by atoms with Crippen molar-refractivity contribution in [2.24, 2.45) is 0 Å². The molecule has 1 aromatic carbocycles. The molecule has 1 amide bonds. The number of aromatic nitrogens is 3. The van der Waals surface area contributed by atoms with E-state index in [1.807, 2.05) is 42.3 Å². The van der Waals surface area contributed by atoms with E-state index in [4.69, 9.17) is 0 Å². The zero-order valence-corrected chi connectivity index (χ0v) is 19.9. The third kappa shape index (κ3) is 4.64. The highest BCUT2D eigenvalue weighted by Crippen LogP contribution is 2.36. The van der Waals surface area contributed by atoms with Gasteiger partial charge in [0.1, 0.15) is 6.04 Å². The van der Waals surface area contributed by atoms with Crippen molar-refractivity contribution in [1.82, 2.24) is 24.8 Å². The van der Waals surface area contributed by atoms with Gasteiger partial charge in [0.15, 0.2) is 15.5 Å². The third-order valence-corrected chi connectivity index (χ3v) is 7.54. The molecule has 4 heterocycles. The average Bonchev–Trinajstić information content (AvgIpc) is 3.56.